The van der Waals surface area contributed by atoms with Gasteiger partial charge in [-0.2, -0.15) is 4.39 Å². The van der Waals surface area contributed by atoms with Crippen LogP contribution in [-0.2, 0) is 4.79 Å². The van der Waals surface area contributed by atoms with Gasteiger partial charge in [-0.25, -0.2) is 0 Å². The first-order valence-electron chi connectivity index (χ1n) is 11.8. The number of halogens is 2. The third-order valence-electron chi connectivity index (χ3n) is 6.66. The molecule has 0 radical (unpaired) electrons. The number of Topliss-reactive ketones (excluding diaryl/α,β-unsaturated/α-hetero) is 1. The summed E-state index contributed by atoms with van der Waals surface area (Å²) in [6, 6.07) is 8.62. The smallest absolute Gasteiger partial charge is 0.303 e. The number of ketones is 1. The second kappa shape index (κ2) is 12.4. The fraction of sp³-hybridized carbons (Fsp3) is 0.423. The predicted molar refractivity (Wildman–Crippen MR) is 142 cm³/mol. The van der Waals surface area contributed by atoms with Crippen molar-refractivity contribution in [3.63, 3.8) is 0 Å². The van der Waals surface area contributed by atoms with Gasteiger partial charge in [0.25, 0.3) is 0 Å². The summed E-state index contributed by atoms with van der Waals surface area (Å²) in [5, 5.41) is 10.3. The lowest BCUT2D eigenvalue weighted by atomic mass is 9.79. The van der Waals surface area contributed by atoms with Gasteiger partial charge in [0.15, 0.2) is 10.9 Å². The quantitative estimate of drug-likeness (QED) is 0.223. The lowest BCUT2D eigenvalue weighted by Gasteiger charge is -2.38. The fourth-order valence-electron chi connectivity index (χ4n) is 4.84. The van der Waals surface area contributed by atoms with Crippen LogP contribution in [0.2, 0.25) is 5.02 Å². The van der Waals surface area contributed by atoms with Gasteiger partial charge in [-0.05, 0) is 61.6 Å². The number of carbonyl (C=O) groups is 2. The number of benzene rings is 1. The summed E-state index contributed by atoms with van der Waals surface area (Å²) >= 11 is 9.15. The van der Waals surface area contributed by atoms with Gasteiger partial charge in [0.05, 0.1) is 21.9 Å². The summed E-state index contributed by atoms with van der Waals surface area (Å²) < 4.78 is 19.4. The maximum Gasteiger partial charge on any atom is 0.303 e. The summed E-state index contributed by atoms with van der Waals surface area (Å²) in [7, 11) is 1.57. The summed E-state index contributed by atoms with van der Waals surface area (Å²) in [6.45, 7) is 2.34. The first-order chi connectivity index (χ1) is 17.3. The predicted octanol–water partition coefficient (Wildman–Crippen LogP) is 6.27. The zero-order chi connectivity index (χ0) is 25.7. The van der Waals surface area contributed by atoms with Crippen molar-refractivity contribution in [2.45, 2.75) is 29.9 Å². The second-order valence-corrected chi connectivity index (χ2v) is 11.8. The van der Waals surface area contributed by atoms with Crippen LogP contribution in [0.5, 0.6) is 5.75 Å². The molecule has 4 rings (SSSR count). The molecule has 3 aromatic rings. The Balaban J connectivity index is 1.38. The Morgan fingerprint density at radius 3 is 2.86 bits per heavy atom. The molecule has 0 unspecified atom stereocenters. The van der Waals surface area contributed by atoms with Crippen LogP contribution in [0.3, 0.4) is 0 Å². The first-order valence-corrected chi connectivity index (χ1v) is 14.0. The average molecular weight is 551 g/mol. The van der Waals surface area contributed by atoms with E-state index in [-0.39, 0.29) is 35.6 Å². The number of hydrogen-bond acceptors (Lipinski definition) is 7. The lowest BCUT2D eigenvalue weighted by molar-refractivity contribution is -0.139. The molecular weight excluding hydrogens is 523 g/mol. The van der Waals surface area contributed by atoms with Crippen molar-refractivity contribution in [2.75, 3.05) is 32.5 Å². The van der Waals surface area contributed by atoms with Crippen molar-refractivity contribution in [3.8, 4) is 5.75 Å². The summed E-state index contributed by atoms with van der Waals surface area (Å²) in [4.78, 5) is 31.5. The number of hydrogen-bond donors (Lipinski definition) is 1. The number of likely N-dealkylation sites (tertiary alicyclic amines) is 1. The Hall–Kier alpha value is -2.20. The number of thiophene rings is 1. The summed E-state index contributed by atoms with van der Waals surface area (Å²) in [6.07, 6.45) is 3.31. The number of nitrogens with zero attached hydrogens (tertiary/aromatic N) is 2. The van der Waals surface area contributed by atoms with Crippen molar-refractivity contribution in [2.24, 2.45) is 11.8 Å². The van der Waals surface area contributed by atoms with Crippen LogP contribution in [0.25, 0.3) is 10.9 Å². The van der Waals surface area contributed by atoms with Crippen LogP contribution in [0.15, 0.2) is 40.7 Å². The largest absolute Gasteiger partial charge is 0.497 e. The summed E-state index contributed by atoms with van der Waals surface area (Å²) in [5.74, 6) is 0.658. The highest BCUT2D eigenvalue weighted by molar-refractivity contribution is 8.01. The Morgan fingerprint density at radius 2 is 2.14 bits per heavy atom. The molecule has 10 heteroatoms. The van der Waals surface area contributed by atoms with Crippen molar-refractivity contribution in [1.29, 1.82) is 0 Å². The maximum absolute atomic E-state index is 13.3. The fourth-order valence-corrected chi connectivity index (χ4v) is 7.00. The third kappa shape index (κ3) is 6.76. The number of carboxylic acids is 1. The molecule has 1 aromatic carbocycles. The first kappa shape index (κ1) is 26.9. The number of carboxylic acid groups (broad SMARTS) is 1. The van der Waals surface area contributed by atoms with Gasteiger partial charge in [0, 0.05) is 48.8 Å². The Morgan fingerprint density at radius 1 is 1.31 bits per heavy atom. The molecule has 0 bridgehead atoms. The normalized spacial score (nSPS) is 18.4. The molecule has 1 saturated heterocycles. The van der Waals surface area contributed by atoms with Gasteiger partial charge in [-0.15, -0.1) is 11.8 Å². The molecule has 1 aliphatic heterocycles. The molecular formula is C26H28ClFN2O4S2. The molecule has 36 heavy (non-hydrogen) atoms. The number of pyridine rings is 1. The Kier molecular flexibility index (Phi) is 9.22. The molecule has 2 atom stereocenters. The zero-order valence-corrected chi connectivity index (χ0v) is 22.3. The second-order valence-electron chi connectivity index (χ2n) is 8.94. The Bertz CT molecular complexity index is 1240. The molecule has 6 nitrogen and oxygen atoms in total. The highest BCUT2D eigenvalue weighted by Crippen LogP contribution is 2.34. The Labute approximate surface area is 222 Å². The van der Waals surface area contributed by atoms with E-state index in [4.69, 9.17) is 16.3 Å². The van der Waals surface area contributed by atoms with Gasteiger partial charge >= 0.3 is 5.97 Å². The minimum Gasteiger partial charge on any atom is -0.497 e. The number of piperidine rings is 1. The topological polar surface area (TPSA) is 79.7 Å². The zero-order valence-electron chi connectivity index (χ0n) is 19.9. The molecule has 1 N–H and O–H groups in total. The minimum absolute atomic E-state index is 0.0296. The number of fused-ring (bicyclic) bond motifs is 1. The molecule has 0 saturated carbocycles. The van der Waals surface area contributed by atoms with E-state index in [1.165, 1.54) is 12.3 Å². The number of thioether (sulfide) groups is 1. The highest BCUT2D eigenvalue weighted by Gasteiger charge is 2.31. The monoisotopic (exact) mass is 550 g/mol. The van der Waals surface area contributed by atoms with Gasteiger partial charge in [-0.1, -0.05) is 22.9 Å². The molecule has 192 valence electrons. The number of ether oxygens (including phenoxy) is 1. The van der Waals surface area contributed by atoms with E-state index < -0.39 is 5.97 Å². The maximum atomic E-state index is 13.3. The van der Waals surface area contributed by atoms with E-state index >= 15 is 0 Å². The van der Waals surface area contributed by atoms with E-state index in [1.54, 1.807) is 43.1 Å². The van der Waals surface area contributed by atoms with Crippen LogP contribution in [0.1, 0.15) is 36.0 Å². The van der Waals surface area contributed by atoms with Gasteiger partial charge in [0.2, 0.25) is 0 Å². The van der Waals surface area contributed by atoms with Gasteiger partial charge < -0.3 is 14.7 Å². The van der Waals surface area contributed by atoms with Crippen LogP contribution >= 0.6 is 34.7 Å². The molecule has 3 heterocycles. The van der Waals surface area contributed by atoms with Crippen molar-refractivity contribution in [3.05, 3.63) is 52.2 Å². The number of aromatic nitrogens is 1. The lowest BCUT2D eigenvalue weighted by Crippen LogP contribution is -2.42. The standard InChI is InChI=1S/C26H28ClFN2O4S2/c1-34-18-3-4-21-19(13-18)26(20(27)14-29-21)22(31)5-2-16-8-9-30(15-17(16)12-24(32)33)10-11-35-25-7-6-23(28)36-25/h3-4,6-7,13-14,16-17H,2,5,8-12,15H2,1H3,(H,32,33)/t16-,17-/m1/s1. The van der Waals surface area contributed by atoms with Crippen LogP contribution in [0, 0.1) is 17.0 Å². The molecule has 0 aliphatic carbocycles. The van der Waals surface area contributed by atoms with Gasteiger partial charge in [0.1, 0.15) is 5.75 Å². The highest BCUT2D eigenvalue weighted by atomic mass is 35.5. The molecule has 1 aliphatic rings. The minimum atomic E-state index is -0.822. The van der Waals surface area contributed by atoms with E-state index in [0.29, 0.717) is 40.2 Å². The van der Waals surface area contributed by atoms with Crippen LogP contribution in [-0.4, -0.2) is 59.2 Å². The average Bonchev–Trinajstić information content (AvgIpc) is 3.27. The van der Waals surface area contributed by atoms with Crippen molar-refractivity contribution >= 4 is 57.4 Å². The molecule has 1 fully saturated rings. The van der Waals surface area contributed by atoms with E-state index in [1.807, 2.05) is 0 Å². The van der Waals surface area contributed by atoms with Crippen molar-refractivity contribution < 1.29 is 23.8 Å². The molecule has 0 spiro atoms. The van der Waals surface area contributed by atoms with Crippen LogP contribution < -0.4 is 4.74 Å². The summed E-state index contributed by atoms with van der Waals surface area (Å²) in [5.41, 5.74) is 1.11. The number of aliphatic carboxylic acids is 1. The van der Waals surface area contributed by atoms with Gasteiger partial charge in [-0.3, -0.25) is 14.6 Å². The molecule has 0 amide bonds. The number of carbonyl (C=O) groups excluding carboxylic acids is 1. The van der Waals surface area contributed by atoms with Crippen molar-refractivity contribution in [1.82, 2.24) is 9.88 Å². The van der Waals surface area contributed by atoms with E-state index in [0.717, 1.165) is 40.8 Å². The van der Waals surface area contributed by atoms with E-state index in [9.17, 15) is 19.1 Å². The van der Waals surface area contributed by atoms with E-state index in [2.05, 4.69) is 9.88 Å². The molecule has 2 aromatic heterocycles. The van der Waals surface area contributed by atoms with Crippen LogP contribution in [0.4, 0.5) is 4.39 Å². The number of rotatable bonds is 11. The SMILES string of the molecule is COc1ccc2ncc(Cl)c(C(=O)CC[C@@H]3CCN(CCSc4ccc(F)s4)C[C@H]3CC(=O)O)c2c1. The number of methoxy groups -OCH3 is 1. The third-order valence-corrected chi connectivity index (χ3v) is 9.03.